The highest BCUT2D eigenvalue weighted by atomic mass is 32.1. The monoisotopic (exact) mass is 321 g/mol. The molecule has 1 aliphatic rings. The van der Waals surface area contributed by atoms with Gasteiger partial charge in [0.25, 0.3) is 0 Å². The smallest absolute Gasteiger partial charge is 0.321 e. The Kier molecular flexibility index (Phi) is 4.47. The van der Waals surface area contributed by atoms with Gasteiger partial charge in [-0.05, 0) is 31.0 Å². The number of halogens is 1. The first-order valence-corrected chi connectivity index (χ1v) is 7.93. The van der Waals surface area contributed by atoms with Gasteiger partial charge in [0.15, 0.2) is 0 Å². The number of rotatable bonds is 3. The number of carbonyl (C=O) groups is 1. The fourth-order valence-corrected chi connectivity index (χ4v) is 2.99. The van der Waals surface area contributed by atoms with E-state index in [4.69, 9.17) is 0 Å². The normalized spacial score (nSPS) is 18.0. The molecule has 3 rings (SSSR count). The Hall–Kier alpha value is -2.22. The lowest BCUT2D eigenvalue weighted by molar-refractivity contribution is 0.246. The summed E-state index contributed by atoms with van der Waals surface area (Å²) in [5.41, 5.74) is 2.40. The van der Waals surface area contributed by atoms with Crippen molar-refractivity contribution in [2.75, 3.05) is 23.3 Å². The van der Waals surface area contributed by atoms with Crippen molar-refractivity contribution in [3.8, 4) is 0 Å². The molecular formula is C14H16FN5OS. The first-order chi connectivity index (χ1) is 10.7. The fourth-order valence-electron chi connectivity index (χ4n) is 2.55. The van der Waals surface area contributed by atoms with Crippen LogP contribution < -0.4 is 15.5 Å². The molecule has 116 valence electrons. The summed E-state index contributed by atoms with van der Waals surface area (Å²) >= 11 is 1.27. The van der Waals surface area contributed by atoms with E-state index in [-0.39, 0.29) is 17.9 Å². The zero-order valence-electron chi connectivity index (χ0n) is 11.8. The van der Waals surface area contributed by atoms with Crippen LogP contribution in [0.3, 0.4) is 0 Å². The number of anilines is 2. The first kappa shape index (κ1) is 14.7. The van der Waals surface area contributed by atoms with E-state index in [1.54, 1.807) is 11.6 Å². The lowest BCUT2D eigenvalue weighted by Crippen LogP contribution is -2.49. The zero-order chi connectivity index (χ0) is 15.4. The SMILES string of the molecule is O=C(Nc1nncs1)N[C@@H]1CCCN(c2cccc(F)c2)C1. The van der Waals surface area contributed by atoms with Gasteiger partial charge in [-0.3, -0.25) is 5.32 Å². The van der Waals surface area contributed by atoms with Gasteiger partial charge in [0.2, 0.25) is 5.13 Å². The molecule has 0 bridgehead atoms. The molecule has 1 aromatic heterocycles. The Labute approximate surface area is 131 Å². The van der Waals surface area contributed by atoms with Crippen LogP contribution in [-0.4, -0.2) is 35.4 Å². The van der Waals surface area contributed by atoms with Crippen molar-refractivity contribution in [1.29, 1.82) is 0 Å². The lowest BCUT2D eigenvalue weighted by atomic mass is 10.1. The van der Waals surface area contributed by atoms with E-state index in [1.165, 1.54) is 23.5 Å². The molecule has 2 heterocycles. The largest absolute Gasteiger partial charge is 0.369 e. The third-order valence-electron chi connectivity index (χ3n) is 3.51. The van der Waals surface area contributed by atoms with Crippen molar-refractivity contribution in [2.45, 2.75) is 18.9 Å². The minimum Gasteiger partial charge on any atom is -0.369 e. The molecule has 0 saturated carbocycles. The minimum absolute atomic E-state index is 0.0185. The Balaban J connectivity index is 1.57. The van der Waals surface area contributed by atoms with Crippen LogP contribution in [0.5, 0.6) is 0 Å². The van der Waals surface area contributed by atoms with E-state index in [9.17, 15) is 9.18 Å². The van der Waals surface area contributed by atoms with Crippen molar-refractivity contribution in [3.63, 3.8) is 0 Å². The van der Waals surface area contributed by atoms with Gasteiger partial charge < -0.3 is 10.2 Å². The quantitative estimate of drug-likeness (QED) is 0.911. The third-order valence-corrected chi connectivity index (χ3v) is 4.12. The molecule has 1 saturated heterocycles. The molecular weight excluding hydrogens is 305 g/mol. The second-order valence-corrected chi connectivity index (χ2v) is 5.94. The number of urea groups is 1. The van der Waals surface area contributed by atoms with Crippen LogP contribution in [0.15, 0.2) is 29.8 Å². The van der Waals surface area contributed by atoms with E-state index in [2.05, 4.69) is 25.7 Å². The Morgan fingerprint density at radius 3 is 3.14 bits per heavy atom. The molecule has 0 radical (unpaired) electrons. The van der Waals surface area contributed by atoms with Crippen molar-refractivity contribution in [3.05, 3.63) is 35.6 Å². The molecule has 1 fully saturated rings. The van der Waals surface area contributed by atoms with Crippen molar-refractivity contribution < 1.29 is 9.18 Å². The second-order valence-electron chi connectivity index (χ2n) is 5.11. The number of piperidine rings is 1. The van der Waals surface area contributed by atoms with Gasteiger partial charge in [-0.15, -0.1) is 10.2 Å². The van der Waals surface area contributed by atoms with Crippen LogP contribution in [0, 0.1) is 5.82 Å². The van der Waals surface area contributed by atoms with Gasteiger partial charge in [0.1, 0.15) is 11.3 Å². The molecule has 2 aromatic rings. The maximum Gasteiger partial charge on any atom is 0.321 e. The van der Waals surface area contributed by atoms with Gasteiger partial charge in [-0.1, -0.05) is 17.4 Å². The number of amides is 2. The maximum atomic E-state index is 13.3. The molecule has 2 amide bonds. The Morgan fingerprint density at radius 1 is 1.45 bits per heavy atom. The molecule has 1 aromatic carbocycles. The zero-order valence-corrected chi connectivity index (χ0v) is 12.6. The predicted octanol–water partition coefficient (Wildman–Crippen LogP) is 2.47. The van der Waals surface area contributed by atoms with Crippen molar-refractivity contribution in [2.24, 2.45) is 0 Å². The summed E-state index contributed by atoms with van der Waals surface area (Å²) in [7, 11) is 0. The first-order valence-electron chi connectivity index (χ1n) is 7.05. The predicted molar refractivity (Wildman–Crippen MR) is 83.7 cm³/mol. The topological polar surface area (TPSA) is 70.1 Å². The van der Waals surface area contributed by atoms with Crippen LogP contribution in [0.1, 0.15) is 12.8 Å². The number of hydrogen-bond donors (Lipinski definition) is 2. The highest BCUT2D eigenvalue weighted by Gasteiger charge is 2.22. The molecule has 0 aliphatic carbocycles. The van der Waals surface area contributed by atoms with Gasteiger partial charge in [0, 0.05) is 24.8 Å². The van der Waals surface area contributed by atoms with Crippen LogP contribution in [0.25, 0.3) is 0 Å². The molecule has 2 N–H and O–H groups in total. The van der Waals surface area contributed by atoms with E-state index in [0.29, 0.717) is 11.7 Å². The highest BCUT2D eigenvalue weighted by Crippen LogP contribution is 2.20. The fraction of sp³-hybridized carbons (Fsp3) is 0.357. The van der Waals surface area contributed by atoms with Crippen LogP contribution in [-0.2, 0) is 0 Å². The highest BCUT2D eigenvalue weighted by molar-refractivity contribution is 7.13. The standard InChI is InChI=1S/C14H16FN5OS/c15-10-3-1-5-12(7-10)20-6-2-4-11(8-20)17-13(21)18-14-19-16-9-22-14/h1,3,5,7,9,11H,2,4,6,8H2,(H2,17,18,19,21)/t11-/m1/s1. The summed E-state index contributed by atoms with van der Waals surface area (Å²) in [6.45, 7) is 1.52. The van der Waals surface area contributed by atoms with Gasteiger partial charge in [0.05, 0.1) is 0 Å². The van der Waals surface area contributed by atoms with Crippen LogP contribution >= 0.6 is 11.3 Å². The Bertz CT molecular complexity index is 636. The van der Waals surface area contributed by atoms with E-state index >= 15 is 0 Å². The molecule has 6 nitrogen and oxygen atoms in total. The van der Waals surface area contributed by atoms with E-state index in [1.807, 2.05) is 6.07 Å². The summed E-state index contributed by atoms with van der Waals surface area (Å²) < 4.78 is 13.3. The van der Waals surface area contributed by atoms with Crippen molar-refractivity contribution in [1.82, 2.24) is 15.5 Å². The maximum absolute atomic E-state index is 13.3. The van der Waals surface area contributed by atoms with Crippen molar-refractivity contribution >= 4 is 28.2 Å². The van der Waals surface area contributed by atoms with E-state index < -0.39 is 0 Å². The molecule has 1 aliphatic heterocycles. The Morgan fingerprint density at radius 2 is 2.36 bits per heavy atom. The molecule has 0 spiro atoms. The summed E-state index contributed by atoms with van der Waals surface area (Å²) in [6, 6.07) is 6.26. The van der Waals surface area contributed by atoms with Gasteiger partial charge in [-0.25, -0.2) is 9.18 Å². The minimum atomic E-state index is -0.289. The van der Waals surface area contributed by atoms with Gasteiger partial charge >= 0.3 is 6.03 Å². The third kappa shape index (κ3) is 3.70. The average Bonchev–Trinajstić information content (AvgIpc) is 3.00. The lowest BCUT2D eigenvalue weighted by Gasteiger charge is -2.34. The van der Waals surface area contributed by atoms with E-state index in [0.717, 1.165) is 25.1 Å². The molecule has 8 heteroatoms. The number of nitrogens with zero attached hydrogens (tertiary/aromatic N) is 3. The molecule has 1 atom stereocenters. The molecule has 22 heavy (non-hydrogen) atoms. The van der Waals surface area contributed by atoms with Crippen LogP contribution in [0.2, 0.25) is 0 Å². The van der Waals surface area contributed by atoms with Gasteiger partial charge in [-0.2, -0.15) is 0 Å². The molecule has 0 unspecified atom stereocenters. The van der Waals surface area contributed by atoms with Crippen LogP contribution in [0.4, 0.5) is 20.0 Å². The summed E-state index contributed by atoms with van der Waals surface area (Å²) in [5.74, 6) is -0.249. The number of carbonyl (C=O) groups excluding carboxylic acids is 1. The number of aromatic nitrogens is 2. The number of nitrogens with one attached hydrogen (secondary N) is 2. The summed E-state index contributed by atoms with van der Waals surface area (Å²) in [6.07, 6.45) is 1.84. The number of hydrogen-bond acceptors (Lipinski definition) is 5. The average molecular weight is 321 g/mol. The second kappa shape index (κ2) is 6.69. The summed E-state index contributed by atoms with van der Waals surface area (Å²) in [5, 5.41) is 13.5. The number of benzene rings is 1. The summed E-state index contributed by atoms with van der Waals surface area (Å²) in [4.78, 5) is 14.0.